The lowest BCUT2D eigenvalue weighted by molar-refractivity contribution is 0.101. The number of likely N-dealkylation sites (tertiary alicyclic amines) is 1. The predicted octanol–water partition coefficient (Wildman–Crippen LogP) is 5.48. The highest BCUT2D eigenvalue weighted by atomic mass is 19.1. The van der Waals surface area contributed by atoms with Gasteiger partial charge in [-0.05, 0) is 81.6 Å². The highest BCUT2D eigenvalue weighted by Gasteiger charge is 2.21. The van der Waals surface area contributed by atoms with Crippen LogP contribution in [0.3, 0.4) is 0 Å². The van der Waals surface area contributed by atoms with Gasteiger partial charge in [-0.3, -0.25) is 19.1 Å². The van der Waals surface area contributed by atoms with Crippen LogP contribution in [-0.4, -0.2) is 63.5 Å². The maximum atomic E-state index is 15.4. The lowest BCUT2D eigenvalue weighted by Gasteiger charge is -2.30. The number of nitrogens with zero attached hydrogens (tertiary/aromatic N) is 5. The number of halogens is 1. The van der Waals surface area contributed by atoms with Crippen molar-refractivity contribution >= 4 is 22.5 Å². The summed E-state index contributed by atoms with van der Waals surface area (Å²) in [6.07, 6.45) is 4.90. The van der Waals surface area contributed by atoms with Gasteiger partial charge in [0.25, 0.3) is 11.5 Å². The van der Waals surface area contributed by atoms with Crippen molar-refractivity contribution in [3.8, 4) is 28.7 Å². The fraction of sp³-hybridized carbons (Fsp3) is 0.324. The van der Waals surface area contributed by atoms with Gasteiger partial charge < -0.3 is 24.4 Å². The molecule has 0 atom stereocenters. The number of ether oxygens (including phenoxy) is 3. The maximum Gasteiger partial charge on any atom is 0.351 e. The lowest BCUT2D eigenvalue weighted by atomic mass is 9.99. The largest absolute Gasteiger partial charge is 0.493 e. The Labute approximate surface area is 288 Å². The van der Waals surface area contributed by atoms with E-state index in [0.29, 0.717) is 40.4 Å². The second kappa shape index (κ2) is 14.9. The molecule has 1 aliphatic rings. The number of fused-ring (bicyclic) bond motifs is 1. The SMILES string of the molecule is COc1cc2c(Oc3ccc(NC(=O)c4nn(-c5ccc(C)cc5)c(=O)n(C)c4=O)cc3F)ccnc2cc1OCCCN1CCC(C)CC1. The Balaban J connectivity index is 1.16. The molecule has 1 amide bonds. The highest BCUT2D eigenvalue weighted by Crippen LogP contribution is 2.38. The lowest BCUT2D eigenvalue weighted by Crippen LogP contribution is -2.43. The molecule has 12 nitrogen and oxygen atoms in total. The average molecular weight is 683 g/mol. The summed E-state index contributed by atoms with van der Waals surface area (Å²) in [5.74, 6) is 0.388. The molecule has 1 saturated heterocycles. The summed E-state index contributed by atoms with van der Waals surface area (Å²) in [6, 6.07) is 15.8. The van der Waals surface area contributed by atoms with Crippen molar-refractivity contribution in [2.24, 2.45) is 13.0 Å². The number of carbonyl (C=O) groups excluding carboxylic acids is 1. The third kappa shape index (κ3) is 7.52. The van der Waals surface area contributed by atoms with Gasteiger partial charge in [0, 0.05) is 43.0 Å². The minimum atomic E-state index is -0.911. The number of hydrogen-bond acceptors (Lipinski definition) is 9. The summed E-state index contributed by atoms with van der Waals surface area (Å²) in [7, 11) is 2.80. The Morgan fingerprint density at radius 2 is 1.74 bits per heavy atom. The number of anilines is 1. The molecule has 0 spiro atoms. The van der Waals surface area contributed by atoms with Crippen molar-refractivity contribution in [3.63, 3.8) is 0 Å². The van der Waals surface area contributed by atoms with E-state index in [0.717, 1.165) is 52.9 Å². The van der Waals surface area contributed by atoms with E-state index in [1.54, 1.807) is 55.8 Å². The summed E-state index contributed by atoms with van der Waals surface area (Å²) in [6.45, 7) is 7.93. The van der Waals surface area contributed by atoms with Crippen LogP contribution in [0.4, 0.5) is 10.1 Å². The summed E-state index contributed by atoms with van der Waals surface area (Å²) in [4.78, 5) is 45.6. The quantitative estimate of drug-likeness (QED) is 0.180. The number of pyridine rings is 1. The van der Waals surface area contributed by atoms with Gasteiger partial charge >= 0.3 is 5.69 Å². The minimum Gasteiger partial charge on any atom is -0.493 e. The van der Waals surface area contributed by atoms with Crippen LogP contribution in [0.15, 0.2) is 76.4 Å². The van der Waals surface area contributed by atoms with E-state index in [1.807, 2.05) is 6.92 Å². The molecule has 0 saturated carbocycles. The summed E-state index contributed by atoms with van der Waals surface area (Å²) in [5.41, 5.74) is -0.184. The van der Waals surface area contributed by atoms with Crippen molar-refractivity contribution in [2.45, 2.75) is 33.1 Å². The molecule has 3 aromatic carbocycles. The number of carbonyl (C=O) groups is 1. The molecule has 1 N–H and O–H groups in total. The van der Waals surface area contributed by atoms with Crippen LogP contribution in [0.5, 0.6) is 23.0 Å². The van der Waals surface area contributed by atoms with Crippen molar-refractivity contribution < 1.29 is 23.4 Å². The monoisotopic (exact) mass is 682 g/mol. The number of aryl methyl sites for hydroxylation is 1. The van der Waals surface area contributed by atoms with Gasteiger partial charge in [-0.15, -0.1) is 0 Å². The van der Waals surface area contributed by atoms with E-state index >= 15 is 4.39 Å². The number of hydrogen-bond donors (Lipinski definition) is 1. The Morgan fingerprint density at radius 3 is 2.46 bits per heavy atom. The maximum absolute atomic E-state index is 15.4. The number of nitrogens with one attached hydrogen (secondary N) is 1. The van der Waals surface area contributed by atoms with Gasteiger partial charge in [-0.25, -0.2) is 9.18 Å². The summed E-state index contributed by atoms with van der Waals surface area (Å²) in [5, 5.41) is 7.10. The van der Waals surface area contributed by atoms with Crippen LogP contribution in [0.2, 0.25) is 0 Å². The first kappa shape index (κ1) is 34.3. The fourth-order valence-corrected chi connectivity index (χ4v) is 5.79. The fourth-order valence-electron chi connectivity index (χ4n) is 5.79. The molecule has 0 unspecified atom stereocenters. The zero-order valence-corrected chi connectivity index (χ0v) is 28.4. The zero-order valence-electron chi connectivity index (χ0n) is 28.4. The standard InChI is InChI=1S/C37H39FN6O6/c1-23-6-9-26(10-7-23)44-37(47)42(3)36(46)34(41-44)35(45)40-25-8-11-31(28(38)20-25)50-30-12-15-39-29-22-33(32(48-4)21-27(29)30)49-19-5-16-43-17-13-24(2)14-18-43/h6-12,15,20-22,24H,5,13-14,16-19H2,1-4H3,(H,40,45). The first-order valence-electron chi connectivity index (χ1n) is 16.5. The molecule has 1 aliphatic heterocycles. The first-order valence-corrected chi connectivity index (χ1v) is 16.5. The molecule has 0 aliphatic carbocycles. The number of methoxy groups -OCH3 is 1. The van der Waals surface area contributed by atoms with Crippen LogP contribution in [-0.2, 0) is 7.05 Å². The van der Waals surface area contributed by atoms with Gasteiger partial charge in [0.05, 0.1) is 24.9 Å². The third-order valence-corrected chi connectivity index (χ3v) is 8.82. The molecule has 2 aromatic heterocycles. The van der Waals surface area contributed by atoms with Gasteiger partial charge in [0.2, 0.25) is 5.69 Å². The van der Waals surface area contributed by atoms with E-state index in [4.69, 9.17) is 14.2 Å². The number of amides is 1. The minimum absolute atomic E-state index is 0.0506. The molecule has 0 bridgehead atoms. The Kier molecular flexibility index (Phi) is 10.2. The van der Waals surface area contributed by atoms with Crippen LogP contribution >= 0.6 is 0 Å². The first-order chi connectivity index (χ1) is 24.1. The summed E-state index contributed by atoms with van der Waals surface area (Å²) >= 11 is 0. The molecule has 260 valence electrons. The molecule has 13 heteroatoms. The highest BCUT2D eigenvalue weighted by molar-refractivity contribution is 6.02. The van der Waals surface area contributed by atoms with Crippen LogP contribution in [0.1, 0.15) is 42.2 Å². The van der Waals surface area contributed by atoms with E-state index in [-0.39, 0.29) is 11.4 Å². The molecular weight excluding hydrogens is 643 g/mol. The Hall–Kier alpha value is -5.56. The second-order valence-corrected chi connectivity index (χ2v) is 12.5. The molecule has 50 heavy (non-hydrogen) atoms. The second-order valence-electron chi connectivity index (χ2n) is 12.5. The van der Waals surface area contributed by atoms with Crippen LogP contribution in [0, 0.1) is 18.7 Å². The Morgan fingerprint density at radius 1 is 0.980 bits per heavy atom. The number of piperidine rings is 1. The third-order valence-electron chi connectivity index (χ3n) is 8.82. The number of benzene rings is 3. The molecule has 1 fully saturated rings. The van der Waals surface area contributed by atoms with Gasteiger partial charge in [-0.1, -0.05) is 24.6 Å². The molecule has 0 radical (unpaired) electrons. The average Bonchev–Trinajstić information content (AvgIpc) is 3.11. The smallest absolute Gasteiger partial charge is 0.351 e. The van der Waals surface area contributed by atoms with Crippen molar-refractivity contribution in [3.05, 3.63) is 105 Å². The molecule has 3 heterocycles. The van der Waals surface area contributed by atoms with Gasteiger partial charge in [0.1, 0.15) is 5.75 Å². The van der Waals surface area contributed by atoms with Gasteiger partial charge in [-0.2, -0.15) is 9.78 Å². The van der Waals surface area contributed by atoms with Crippen molar-refractivity contribution in [1.82, 2.24) is 24.2 Å². The van der Waals surface area contributed by atoms with Crippen LogP contribution in [0.25, 0.3) is 16.6 Å². The van der Waals surface area contributed by atoms with E-state index in [1.165, 1.54) is 32.0 Å². The summed E-state index contributed by atoms with van der Waals surface area (Å²) < 4.78 is 34.8. The van der Waals surface area contributed by atoms with Gasteiger partial charge in [0.15, 0.2) is 23.1 Å². The number of aromatic nitrogens is 4. The number of rotatable bonds is 11. The Bertz CT molecular complexity index is 2140. The van der Waals surface area contributed by atoms with E-state index in [2.05, 4.69) is 27.2 Å². The zero-order chi connectivity index (χ0) is 35.4. The molecule has 5 aromatic rings. The van der Waals surface area contributed by atoms with E-state index < -0.39 is 28.7 Å². The topological polar surface area (TPSA) is 130 Å². The normalized spacial score (nSPS) is 13.7. The molecule has 6 rings (SSSR count). The van der Waals surface area contributed by atoms with Crippen LogP contribution < -0.4 is 30.8 Å². The molecular formula is C37H39FN6O6. The van der Waals surface area contributed by atoms with Crippen molar-refractivity contribution in [1.29, 1.82) is 0 Å². The predicted molar refractivity (Wildman–Crippen MR) is 187 cm³/mol. The van der Waals surface area contributed by atoms with Crippen molar-refractivity contribution in [2.75, 3.05) is 38.7 Å². The van der Waals surface area contributed by atoms with E-state index in [9.17, 15) is 14.4 Å².